The Morgan fingerprint density at radius 1 is 1.00 bits per heavy atom. The average Bonchev–Trinajstić information content (AvgIpc) is 2.69. The molecule has 0 radical (unpaired) electrons. The van der Waals surface area contributed by atoms with Gasteiger partial charge in [-0.15, -0.1) is 0 Å². The first-order valence-corrected chi connectivity index (χ1v) is 9.07. The second-order valence-corrected chi connectivity index (χ2v) is 6.15. The number of nitrogens with two attached hydrogens (primary N) is 1. The van der Waals surface area contributed by atoms with Gasteiger partial charge >= 0.3 is 0 Å². The van der Waals surface area contributed by atoms with Crippen LogP contribution in [-0.2, 0) is 6.42 Å². The van der Waals surface area contributed by atoms with Crippen molar-refractivity contribution in [2.24, 2.45) is 5.73 Å². The zero-order valence-corrected chi connectivity index (χ0v) is 15.3. The molecule has 0 spiro atoms. The summed E-state index contributed by atoms with van der Waals surface area (Å²) >= 11 is 0. The first-order valence-electron chi connectivity index (χ1n) is 9.07. The quantitative estimate of drug-likeness (QED) is 0.727. The molecule has 2 aromatic carbocycles. The summed E-state index contributed by atoms with van der Waals surface area (Å²) in [4.78, 5) is 26.8. The van der Waals surface area contributed by atoms with Gasteiger partial charge in [-0.25, -0.2) is 0 Å². The van der Waals surface area contributed by atoms with Crippen molar-refractivity contribution >= 4 is 11.8 Å². The molecule has 0 saturated carbocycles. The maximum absolute atomic E-state index is 12.9. The highest BCUT2D eigenvalue weighted by molar-refractivity contribution is 5.99. The van der Waals surface area contributed by atoms with Crippen molar-refractivity contribution in [3.05, 3.63) is 71.3 Å². The summed E-state index contributed by atoms with van der Waals surface area (Å²) in [5.74, 6) is -0.257. The molecule has 5 heteroatoms. The minimum Gasteiger partial charge on any atom is -0.352 e. The van der Waals surface area contributed by atoms with Crippen molar-refractivity contribution in [2.45, 2.75) is 19.8 Å². The lowest BCUT2D eigenvalue weighted by molar-refractivity contribution is 0.0762. The molecule has 26 heavy (non-hydrogen) atoms. The monoisotopic (exact) mass is 353 g/mol. The normalized spacial score (nSPS) is 10.4. The molecular formula is C21H27N3O2. The number of carbonyl (C=O) groups is 2. The number of hydrogen-bond acceptors (Lipinski definition) is 3. The molecular weight excluding hydrogens is 326 g/mol. The summed E-state index contributed by atoms with van der Waals surface area (Å²) in [5, 5.41) is 2.83. The number of amides is 2. The Morgan fingerprint density at radius 3 is 2.42 bits per heavy atom. The van der Waals surface area contributed by atoms with Crippen LogP contribution in [0.4, 0.5) is 0 Å². The van der Waals surface area contributed by atoms with Gasteiger partial charge in [0.1, 0.15) is 0 Å². The fourth-order valence-corrected chi connectivity index (χ4v) is 2.70. The molecule has 0 atom stereocenters. The fraction of sp³-hybridized carbons (Fsp3) is 0.333. The summed E-state index contributed by atoms with van der Waals surface area (Å²) < 4.78 is 0. The van der Waals surface area contributed by atoms with E-state index in [4.69, 9.17) is 5.73 Å². The Kier molecular flexibility index (Phi) is 7.83. The molecule has 0 aliphatic carbocycles. The zero-order valence-electron chi connectivity index (χ0n) is 15.3. The lowest BCUT2D eigenvalue weighted by Crippen LogP contribution is -2.37. The van der Waals surface area contributed by atoms with Crippen LogP contribution in [0.1, 0.15) is 39.6 Å². The number of rotatable bonds is 9. The van der Waals surface area contributed by atoms with E-state index in [1.54, 1.807) is 29.2 Å². The first kappa shape index (κ1) is 19.7. The fourth-order valence-electron chi connectivity index (χ4n) is 2.70. The Bertz CT molecular complexity index is 716. The molecule has 0 aliphatic rings. The van der Waals surface area contributed by atoms with Crippen molar-refractivity contribution in [1.29, 1.82) is 0 Å². The van der Waals surface area contributed by atoms with Crippen LogP contribution >= 0.6 is 0 Å². The minimum atomic E-state index is -0.156. The molecule has 0 unspecified atom stereocenters. The Morgan fingerprint density at radius 2 is 1.73 bits per heavy atom. The van der Waals surface area contributed by atoms with Crippen LogP contribution in [0.5, 0.6) is 0 Å². The Labute approximate surface area is 155 Å². The van der Waals surface area contributed by atoms with E-state index in [1.165, 1.54) is 5.56 Å². The molecule has 5 nitrogen and oxygen atoms in total. The molecule has 2 aromatic rings. The van der Waals surface area contributed by atoms with Crippen LogP contribution in [0, 0.1) is 0 Å². The van der Waals surface area contributed by atoms with Crippen molar-refractivity contribution in [3.63, 3.8) is 0 Å². The SMILES string of the molecule is CCCNC(=O)c1cccc(C(=O)N(CCN)CCc2ccccc2)c1. The standard InChI is InChI=1S/C21H27N3O2/c1-2-13-23-20(25)18-9-6-10-19(16-18)21(26)24(15-12-22)14-11-17-7-4-3-5-8-17/h3-10,16H,2,11-15,22H2,1H3,(H,23,25). The first-order chi connectivity index (χ1) is 12.7. The van der Waals surface area contributed by atoms with Crippen molar-refractivity contribution in [3.8, 4) is 0 Å². The third kappa shape index (κ3) is 5.70. The van der Waals surface area contributed by atoms with Gasteiger partial charge in [-0.3, -0.25) is 9.59 Å². The Balaban J connectivity index is 2.08. The summed E-state index contributed by atoms with van der Waals surface area (Å²) in [5.41, 5.74) is 7.88. The topological polar surface area (TPSA) is 75.4 Å². The smallest absolute Gasteiger partial charge is 0.253 e. The van der Waals surface area contributed by atoms with E-state index in [2.05, 4.69) is 5.32 Å². The number of hydrogen-bond donors (Lipinski definition) is 2. The van der Waals surface area contributed by atoms with Crippen LogP contribution in [0.2, 0.25) is 0 Å². The summed E-state index contributed by atoms with van der Waals surface area (Å²) in [7, 11) is 0. The lowest BCUT2D eigenvalue weighted by Gasteiger charge is -2.22. The van der Waals surface area contributed by atoms with Gasteiger partial charge in [-0.1, -0.05) is 43.3 Å². The van der Waals surface area contributed by atoms with Gasteiger partial charge < -0.3 is 16.0 Å². The molecule has 0 fully saturated rings. The summed E-state index contributed by atoms with van der Waals surface area (Å²) in [6, 6.07) is 16.9. The van der Waals surface area contributed by atoms with Crippen LogP contribution in [0.3, 0.4) is 0 Å². The second-order valence-electron chi connectivity index (χ2n) is 6.15. The molecule has 0 saturated heterocycles. The van der Waals surface area contributed by atoms with Crippen molar-refractivity contribution in [1.82, 2.24) is 10.2 Å². The van der Waals surface area contributed by atoms with Gasteiger partial charge in [-0.2, -0.15) is 0 Å². The van der Waals surface area contributed by atoms with Gasteiger partial charge in [0.2, 0.25) is 0 Å². The third-order valence-corrected chi connectivity index (χ3v) is 4.11. The van der Waals surface area contributed by atoms with Gasteiger partial charge in [0.25, 0.3) is 11.8 Å². The number of benzene rings is 2. The molecule has 0 aromatic heterocycles. The second kappa shape index (κ2) is 10.4. The van der Waals surface area contributed by atoms with Crippen LogP contribution in [-0.4, -0.2) is 42.9 Å². The summed E-state index contributed by atoms with van der Waals surface area (Å²) in [6.45, 7) is 4.09. The van der Waals surface area contributed by atoms with E-state index in [0.29, 0.717) is 37.3 Å². The third-order valence-electron chi connectivity index (χ3n) is 4.11. The zero-order chi connectivity index (χ0) is 18.8. The van der Waals surface area contributed by atoms with Crippen LogP contribution in [0.25, 0.3) is 0 Å². The van der Waals surface area contributed by atoms with E-state index in [1.807, 2.05) is 37.3 Å². The minimum absolute atomic E-state index is 0.100. The predicted molar refractivity (Wildman–Crippen MR) is 104 cm³/mol. The molecule has 2 amide bonds. The average molecular weight is 353 g/mol. The van der Waals surface area contributed by atoms with Crippen LogP contribution in [0.15, 0.2) is 54.6 Å². The molecule has 0 bridgehead atoms. The lowest BCUT2D eigenvalue weighted by atomic mass is 10.1. The number of carbonyl (C=O) groups excluding carboxylic acids is 2. The van der Waals surface area contributed by atoms with E-state index in [-0.39, 0.29) is 11.8 Å². The summed E-state index contributed by atoms with van der Waals surface area (Å²) in [6.07, 6.45) is 1.64. The number of nitrogens with zero attached hydrogens (tertiary/aromatic N) is 1. The largest absolute Gasteiger partial charge is 0.352 e. The number of nitrogens with one attached hydrogen (secondary N) is 1. The predicted octanol–water partition coefficient (Wildman–Crippen LogP) is 2.47. The molecule has 0 aliphatic heterocycles. The highest BCUT2D eigenvalue weighted by Gasteiger charge is 2.16. The van der Waals surface area contributed by atoms with Gasteiger partial charge in [0.05, 0.1) is 0 Å². The highest BCUT2D eigenvalue weighted by atomic mass is 16.2. The Hall–Kier alpha value is -2.66. The molecule has 2 rings (SSSR count). The van der Waals surface area contributed by atoms with Gasteiger partial charge in [0, 0.05) is 37.3 Å². The van der Waals surface area contributed by atoms with Crippen molar-refractivity contribution < 1.29 is 9.59 Å². The van der Waals surface area contributed by atoms with Gasteiger partial charge in [0.15, 0.2) is 0 Å². The molecule has 138 valence electrons. The highest BCUT2D eigenvalue weighted by Crippen LogP contribution is 2.10. The van der Waals surface area contributed by atoms with E-state index in [9.17, 15) is 9.59 Å². The molecule has 3 N–H and O–H groups in total. The van der Waals surface area contributed by atoms with E-state index >= 15 is 0 Å². The van der Waals surface area contributed by atoms with E-state index in [0.717, 1.165) is 12.8 Å². The van der Waals surface area contributed by atoms with Gasteiger partial charge in [-0.05, 0) is 36.6 Å². The maximum atomic E-state index is 12.9. The van der Waals surface area contributed by atoms with E-state index < -0.39 is 0 Å². The maximum Gasteiger partial charge on any atom is 0.253 e. The van der Waals surface area contributed by atoms with Crippen LogP contribution < -0.4 is 11.1 Å². The van der Waals surface area contributed by atoms with Crippen molar-refractivity contribution in [2.75, 3.05) is 26.2 Å². The molecule has 0 heterocycles.